The highest BCUT2D eigenvalue weighted by Crippen LogP contribution is 2.19. The first-order chi connectivity index (χ1) is 8.09. The van der Waals surface area contributed by atoms with Crippen LogP contribution in [0.4, 0.5) is 15.1 Å². The molecule has 8 heteroatoms. The predicted molar refractivity (Wildman–Crippen MR) is 70.7 cm³/mol. The lowest BCUT2D eigenvalue weighted by molar-refractivity contribution is 0.0989. The first-order valence-electron chi connectivity index (χ1n) is 4.71. The lowest BCUT2D eigenvalue weighted by atomic mass is 10.2. The van der Waals surface area contributed by atoms with Crippen LogP contribution in [0, 0.1) is 5.82 Å². The molecule has 0 aliphatic heterocycles. The first kappa shape index (κ1) is 14.3. The summed E-state index contributed by atoms with van der Waals surface area (Å²) in [5, 5.41) is 3.89. The molecule has 0 fully saturated rings. The van der Waals surface area contributed by atoms with Crippen molar-refractivity contribution < 1.29 is 9.18 Å². The zero-order chi connectivity index (χ0) is 12.4. The summed E-state index contributed by atoms with van der Waals surface area (Å²) in [5.41, 5.74) is 6.08. The van der Waals surface area contributed by atoms with Crippen LogP contribution in [0.3, 0.4) is 0 Å². The molecule has 5 nitrogen and oxygen atoms in total. The van der Waals surface area contributed by atoms with Crippen molar-refractivity contribution in [2.45, 2.75) is 0 Å². The number of nitrogen functional groups attached to an aromatic ring is 1. The third-order valence-electron chi connectivity index (χ3n) is 2.22. The fourth-order valence-electron chi connectivity index (χ4n) is 1.31. The third kappa shape index (κ3) is 2.74. The number of hydrogen-bond donors (Lipinski definition) is 1. The van der Waals surface area contributed by atoms with Crippen molar-refractivity contribution in [1.29, 1.82) is 0 Å². The SMILES string of the molecule is CN(C(=O)c1nnsc1N)c1cccc(F)c1.Cl. The van der Waals surface area contributed by atoms with Gasteiger partial charge in [-0.2, -0.15) is 0 Å². The van der Waals surface area contributed by atoms with Crippen molar-refractivity contribution in [2.75, 3.05) is 17.7 Å². The second-order valence-corrected chi connectivity index (χ2v) is 4.12. The summed E-state index contributed by atoms with van der Waals surface area (Å²) in [6.07, 6.45) is 0. The number of hydrogen-bond acceptors (Lipinski definition) is 5. The van der Waals surface area contributed by atoms with Gasteiger partial charge < -0.3 is 10.6 Å². The van der Waals surface area contributed by atoms with Crippen LogP contribution in [-0.2, 0) is 0 Å². The Morgan fingerprint density at radius 2 is 2.22 bits per heavy atom. The zero-order valence-corrected chi connectivity index (χ0v) is 11.0. The number of rotatable bonds is 2. The quantitative estimate of drug-likeness (QED) is 0.917. The van der Waals surface area contributed by atoms with Gasteiger partial charge in [-0.1, -0.05) is 10.6 Å². The summed E-state index contributed by atoms with van der Waals surface area (Å²) in [5.74, 6) is -0.826. The summed E-state index contributed by atoms with van der Waals surface area (Å²) in [7, 11) is 1.52. The minimum Gasteiger partial charge on any atom is -0.387 e. The number of nitrogens with zero attached hydrogens (tertiary/aromatic N) is 3. The molecule has 0 spiro atoms. The van der Waals surface area contributed by atoms with Crippen molar-refractivity contribution in [3.8, 4) is 0 Å². The molecule has 1 aromatic carbocycles. The Morgan fingerprint density at radius 3 is 2.78 bits per heavy atom. The summed E-state index contributed by atoms with van der Waals surface area (Å²) in [6, 6.07) is 5.71. The molecule has 1 heterocycles. The molecule has 0 atom stereocenters. The molecule has 0 bridgehead atoms. The fraction of sp³-hybridized carbons (Fsp3) is 0.100. The maximum Gasteiger partial charge on any atom is 0.281 e. The van der Waals surface area contributed by atoms with Gasteiger partial charge in [0.25, 0.3) is 5.91 Å². The second-order valence-electron chi connectivity index (χ2n) is 3.33. The smallest absolute Gasteiger partial charge is 0.281 e. The van der Waals surface area contributed by atoms with Gasteiger partial charge in [0.2, 0.25) is 0 Å². The predicted octanol–water partition coefficient (Wildman–Crippen LogP) is 1.96. The van der Waals surface area contributed by atoms with E-state index in [1.807, 2.05) is 0 Å². The summed E-state index contributed by atoms with van der Waals surface area (Å²) in [6.45, 7) is 0. The van der Waals surface area contributed by atoms with Crippen LogP contribution in [0.15, 0.2) is 24.3 Å². The minimum absolute atomic E-state index is 0. The molecular formula is C10H10ClFN4OS. The number of carbonyl (C=O) groups excluding carboxylic acids is 1. The third-order valence-corrected chi connectivity index (χ3v) is 2.77. The highest BCUT2D eigenvalue weighted by molar-refractivity contribution is 7.10. The zero-order valence-electron chi connectivity index (χ0n) is 9.33. The number of aromatic nitrogens is 2. The van der Waals surface area contributed by atoms with Gasteiger partial charge in [0.1, 0.15) is 10.8 Å². The first-order valence-corrected chi connectivity index (χ1v) is 5.48. The van der Waals surface area contributed by atoms with E-state index in [0.717, 1.165) is 11.5 Å². The number of carbonyl (C=O) groups is 1. The molecule has 0 aliphatic carbocycles. The Hall–Kier alpha value is -1.73. The second kappa shape index (κ2) is 5.74. The van der Waals surface area contributed by atoms with Gasteiger partial charge in [0, 0.05) is 24.3 Å². The Labute approximate surface area is 113 Å². The summed E-state index contributed by atoms with van der Waals surface area (Å²) in [4.78, 5) is 13.2. The Bertz CT molecular complexity index is 562. The van der Waals surface area contributed by atoms with Gasteiger partial charge in [0.05, 0.1) is 0 Å². The van der Waals surface area contributed by atoms with Crippen LogP contribution in [0.5, 0.6) is 0 Å². The van der Waals surface area contributed by atoms with E-state index in [1.54, 1.807) is 6.07 Å². The maximum atomic E-state index is 13.0. The number of amides is 1. The van der Waals surface area contributed by atoms with E-state index < -0.39 is 11.7 Å². The van der Waals surface area contributed by atoms with Gasteiger partial charge >= 0.3 is 0 Å². The maximum absolute atomic E-state index is 13.0. The van der Waals surface area contributed by atoms with E-state index in [2.05, 4.69) is 9.59 Å². The molecule has 18 heavy (non-hydrogen) atoms. The van der Waals surface area contributed by atoms with Gasteiger partial charge in [-0.15, -0.1) is 17.5 Å². The highest BCUT2D eigenvalue weighted by Gasteiger charge is 2.19. The number of anilines is 2. The van der Waals surface area contributed by atoms with Gasteiger partial charge in [0.15, 0.2) is 5.69 Å². The van der Waals surface area contributed by atoms with E-state index in [9.17, 15) is 9.18 Å². The van der Waals surface area contributed by atoms with Crippen LogP contribution in [-0.4, -0.2) is 22.5 Å². The average Bonchev–Trinajstić information content (AvgIpc) is 2.73. The lowest BCUT2D eigenvalue weighted by Crippen LogP contribution is -2.27. The molecule has 0 unspecified atom stereocenters. The van der Waals surface area contributed by atoms with Gasteiger partial charge in [-0.25, -0.2) is 4.39 Å². The monoisotopic (exact) mass is 288 g/mol. The van der Waals surface area contributed by atoms with Crippen molar-refractivity contribution in [2.24, 2.45) is 0 Å². The van der Waals surface area contributed by atoms with Gasteiger partial charge in [-0.05, 0) is 18.2 Å². The van der Waals surface area contributed by atoms with Crippen molar-refractivity contribution >= 4 is 40.5 Å². The van der Waals surface area contributed by atoms with Crippen molar-refractivity contribution in [3.63, 3.8) is 0 Å². The van der Waals surface area contributed by atoms with Crippen LogP contribution in [0.25, 0.3) is 0 Å². The van der Waals surface area contributed by atoms with E-state index in [1.165, 1.54) is 30.1 Å². The van der Waals surface area contributed by atoms with Crippen molar-refractivity contribution in [1.82, 2.24) is 9.59 Å². The molecule has 96 valence electrons. The van der Waals surface area contributed by atoms with E-state index in [4.69, 9.17) is 5.73 Å². The average molecular weight is 289 g/mol. The molecular weight excluding hydrogens is 279 g/mol. The lowest BCUT2D eigenvalue weighted by Gasteiger charge is -2.15. The van der Waals surface area contributed by atoms with Crippen LogP contribution in [0.1, 0.15) is 10.5 Å². The van der Waals surface area contributed by atoms with E-state index in [-0.39, 0.29) is 23.1 Å². The number of benzene rings is 1. The molecule has 0 radical (unpaired) electrons. The molecule has 1 amide bonds. The largest absolute Gasteiger partial charge is 0.387 e. The standard InChI is InChI=1S/C10H9FN4OS.ClH/c1-15(7-4-2-3-6(11)5-7)10(16)8-9(12)17-14-13-8;/h2-5H,12H2,1H3;1H. The molecule has 0 aliphatic rings. The highest BCUT2D eigenvalue weighted by atomic mass is 35.5. The Kier molecular flexibility index (Phi) is 4.57. The normalized spacial score (nSPS) is 9.67. The van der Waals surface area contributed by atoms with Crippen LogP contribution < -0.4 is 10.6 Å². The molecule has 0 saturated heterocycles. The van der Waals surface area contributed by atoms with Crippen LogP contribution >= 0.6 is 23.9 Å². The summed E-state index contributed by atoms with van der Waals surface area (Å²) >= 11 is 0.944. The molecule has 2 N–H and O–H groups in total. The number of halogens is 2. The van der Waals surface area contributed by atoms with Crippen molar-refractivity contribution in [3.05, 3.63) is 35.8 Å². The molecule has 0 saturated carbocycles. The minimum atomic E-state index is -0.415. The molecule has 2 rings (SSSR count). The topological polar surface area (TPSA) is 72.1 Å². The van der Waals surface area contributed by atoms with Crippen LogP contribution in [0.2, 0.25) is 0 Å². The molecule has 1 aromatic heterocycles. The Balaban J connectivity index is 0.00000162. The van der Waals surface area contributed by atoms with Gasteiger partial charge in [-0.3, -0.25) is 4.79 Å². The van der Waals surface area contributed by atoms with E-state index in [0.29, 0.717) is 5.69 Å². The van der Waals surface area contributed by atoms with E-state index >= 15 is 0 Å². The number of nitrogens with two attached hydrogens (primary N) is 1. The molecule has 2 aromatic rings. The summed E-state index contributed by atoms with van der Waals surface area (Å²) < 4.78 is 16.6. The fourth-order valence-corrected chi connectivity index (χ4v) is 1.73. The Morgan fingerprint density at radius 1 is 1.50 bits per heavy atom.